The fraction of sp³-hybridized carbons (Fsp3) is 0.158. The Morgan fingerprint density at radius 2 is 1.78 bits per heavy atom. The fourth-order valence-electron chi connectivity index (χ4n) is 1.97. The van der Waals surface area contributed by atoms with Crippen molar-refractivity contribution in [3.8, 4) is 11.5 Å². The third kappa shape index (κ3) is 4.81. The molecule has 4 heteroatoms. The van der Waals surface area contributed by atoms with Crippen LogP contribution in [0.3, 0.4) is 0 Å². The number of benzene rings is 2. The molecule has 0 saturated carbocycles. The standard InChI is InChI=1S/C19H18O4/c1-3-18(20)15-8-10-16(11-9-15)23-19(21)12-7-14-5-4-6-17(13-14)22-2/h4-13H,3H2,1-2H3/b12-7+. The van der Waals surface area contributed by atoms with Gasteiger partial charge in [-0.15, -0.1) is 0 Å². The monoisotopic (exact) mass is 310 g/mol. The number of Topliss-reactive ketones (excluding diaryl/α,β-unsaturated/α-hetero) is 1. The molecule has 4 nitrogen and oxygen atoms in total. The fourth-order valence-corrected chi connectivity index (χ4v) is 1.97. The highest BCUT2D eigenvalue weighted by Crippen LogP contribution is 2.15. The van der Waals surface area contributed by atoms with E-state index in [1.54, 1.807) is 44.4 Å². The van der Waals surface area contributed by atoms with Crippen molar-refractivity contribution in [1.82, 2.24) is 0 Å². The first-order valence-electron chi connectivity index (χ1n) is 7.29. The lowest BCUT2D eigenvalue weighted by molar-refractivity contribution is -0.128. The molecule has 2 rings (SSSR count). The zero-order valence-electron chi connectivity index (χ0n) is 13.1. The van der Waals surface area contributed by atoms with Crippen molar-refractivity contribution in [2.24, 2.45) is 0 Å². The number of methoxy groups -OCH3 is 1. The van der Waals surface area contributed by atoms with Gasteiger partial charge in [-0.25, -0.2) is 4.79 Å². The maximum absolute atomic E-state index is 11.8. The van der Waals surface area contributed by atoms with Gasteiger partial charge >= 0.3 is 5.97 Å². The van der Waals surface area contributed by atoms with Gasteiger partial charge < -0.3 is 9.47 Å². The lowest BCUT2D eigenvalue weighted by Gasteiger charge is -2.03. The van der Waals surface area contributed by atoms with Gasteiger partial charge in [-0.05, 0) is 48.0 Å². The molecule has 0 aliphatic rings. The molecule has 0 N–H and O–H groups in total. The Labute approximate surface area is 135 Å². The molecule has 0 atom stereocenters. The van der Waals surface area contributed by atoms with Gasteiger partial charge in [0, 0.05) is 18.1 Å². The molecule has 0 radical (unpaired) electrons. The smallest absolute Gasteiger partial charge is 0.336 e. The van der Waals surface area contributed by atoms with E-state index in [1.165, 1.54) is 6.08 Å². The van der Waals surface area contributed by atoms with Crippen LogP contribution in [0.25, 0.3) is 6.08 Å². The van der Waals surface area contributed by atoms with Gasteiger partial charge in [-0.1, -0.05) is 19.1 Å². The molecule has 0 unspecified atom stereocenters. The Kier molecular flexibility index (Phi) is 5.69. The second-order valence-electron chi connectivity index (χ2n) is 4.83. The van der Waals surface area contributed by atoms with Crippen molar-refractivity contribution >= 4 is 17.8 Å². The summed E-state index contributed by atoms with van der Waals surface area (Å²) >= 11 is 0. The van der Waals surface area contributed by atoms with E-state index in [0.717, 1.165) is 11.3 Å². The highest BCUT2D eigenvalue weighted by molar-refractivity contribution is 5.96. The summed E-state index contributed by atoms with van der Waals surface area (Å²) in [6.45, 7) is 1.81. The molecule has 0 bridgehead atoms. The maximum Gasteiger partial charge on any atom is 0.336 e. The highest BCUT2D eigenvalue weighted by Gasteiger charge is 2.05. The molecule has 0 aliphatic carbocycles. The van der Waals surface area contributed by atoms with Crippen molar-refractivity contribution in [2.75, 3.05) is 7.11 Å². The first-order valence-corrected chi connectivity index (χ1v) is 7.29. The summed E-state index contributed by atoms with van der Waals surface area (Å²) in [7, 11) is 1.59. The van der Waals surface area contributed by atoms with E-state index < -0.39 is 5.97 Å². The number of rotatable bonds is 6. The van der Waals surface area contributed by atoms with Crippen LogP contribution in [0.15, 0.2) is 54.6 Å². The molecule has 0 fully saturated rings. The molecule has 0 spiro atoms. The average Bonchev–Trinajstić information content (AvgIpc) is 2.60. The summed E-state index contributed by atoms with van der Waals surface area (Å²) < 4.78 is 10.3. The molecule has 2 aromatic rings. The summed E-state index contributed by atoms with van der Waals surface area (Å²) in [4.78, 5) is 23.3. The zero-order valence-corrected chi connectivity index (χ0v) is 13.1. The van der Waals surface area contributed by atoms with Gasteiger partial charge in [0.2, 0.25) is 0 Å². The molecule has 0 saturated heterocycles. The van der Waals surface area contributed by atoms with Crippen molar-refractivity contribution in [3.63, 3.8) is 0 Å². The Bertz CT molecular complexity index is 714. The van der Waals surface area contributed by atoms with Crippen LogP contribution in [0.5, 0.6) is 11.5 Å². The molecule has 0 aromatic heterocycles. The second-order valence-corrected chi connectivity index (χ2v) is 4.83. The van der Waals surface area contributed by atoms with Crippen LogP contribution in [0, 0.1) is 0 Å². The molecule has 0 amide bonds. The summed E-state index contributed by atoms with van der Waals surface area (Å²) in [6, 6.07) is 13.9. The Balaban J connectivity index is 1.98. The maximum atomic E-state index is 11.8. The molecular weight excluding hydrogens is 292 g/mol. The number of ketones is 1. The number of hydrogen-bond acceptors (Lipinski definition) is 4. The van der Waals surface area contributed by atoms with E-state index in [2.05, 4.69) is 0 Å². The van der Waals surface area contributed by atoms with Gasteiger partial charge in [0.25, 0.3) is 0 Å². The molecule has 0 aliphatic heterocycles. The lowest BCUT2D eigenvalue weighted by atomic mass is 10.1. The van der Waals surface area contributed by atoms with Gasteiger partial charge in [0.05, 0.1) is 7.11 Å². The Hall–Kier alpha value is -2.88. The van der Waals surface area contributed by atoms with E-state index in [4.69, 9.17) is 9.47 Å². The first-order chi connectivity index (χ1) is 11.1. The predicted octanol–water partition coefficient (Wildman–Crippen LogP) is 3.91. The molecule has 2 aromatic carbocycles. The van der Waals surface area contributed by atoms with E-state index in [1.807, 2.05) is 24.3 Å². The quantitative estimate of drug-likeness (QED) is 0.351. The van der Waals surface area contributed by atoms with Crippen molar-refractivity contribution in [2.45, 2.75) is 13.3 Å². The number of ether oxygens (including phenoxy) is 2. The first kappa shape index (κ1) is 16.5. The van der Waals surface area contributed by atoms with Crippen LogP contribution in [0.1, 0.15) is 29.3 Å². The average molecular weight is 310 g/mol. The number of carbonyl (C=O) groups excluding carboxylic acids is 2. The lowest BCUT2D eigenvalue weighted by Crippen LogP contribution is -2.04. The van der Waals surface area contributed by atoms with Crippen LogP contribution in [0.4, 0.5) is 0 Å². The van der Waals surface area contributed by atoms with Crippen molar-refractivity contribution < 1.29 is 19.1 Å². The van der Waals surface area contributed by atoms with Crippen LogP contribution < -0.4 is 9.47 Å². The highest BCUT2D eigenvalue weighted by atomic mass is 16.5. The Morgan fingerprint density at radius 1 is 1.04 bits per heavy atom. The molecule has 0 heterocycles. The van der Waals surface area contributed by atoms with Crippen molar-refractivity contribution in [3.05, 3.63) is 65.7 Å². The topological polar surface area (TPSA) is 52.6 Å². The van der Waals surface area contributed by atoms with Crippen LogP contribution >= 0.6 is 0 Å². The van der Waals surface area contributed by atoms with E-state index in [9.17, 15) is 9.59 Å². The number of carbonyl (C=O) groups is 2. The van der Waals surface area contributed by atoms with E-state index in [-0.39, 0.29) is 5.78 Å². The third-order valence-corrected chi connectivity index (χ3v) is 3.22. The predicted molar refractivity (Wildman–Crippen MR) is 88.7 cm³/mol. The van der Waals surface area contributed by atoms with E-state index in [0.29, 0.717) is 17.7 Å². The molecule has 23 heavy (non-hydrogen) atoms. The van der Waals surface area contributed by atoms with Crippen LogP contribution in [0.2, 0.25) is 0 Å². The van der Waals surface area contributed by atoms with Crippen LogP contribution in [-0.2, 0) is 4.79 Å². The number of esters is 1. The molecule has 118 valence electrons. The summed E-state index contributed by atoms with van der Waals surface area (Å²) in [5.74, 6) is 0.692. The van der Waals surface area contributed by atoms with Gasteiger partial charge in [-0.2, -0.15) is 0 Å². The normalized spacial score (nSPS) is 10.5. The van der Waals surface area contributed by atoms with Gasteiger partial charge in [0.1, 0.15) is 11.5 Å². The molecular formula is C19H18O4. The van der Waals surface area contributed by atoms with Crippen molar-refractivity contribution in [1.29, 1.82) is 0 Å². The summed E-state index contributed by atoms with van der Waals surface area (Å²) in [5, 5.41) is 0. The summed E-state index contributed by atoms with van der Waals surface area (Å²) in [5.41, 5.74) is 1.45. The van der Waals surface area contributed by atoms with Gasteiger partial charge in [0.15, 0.2) is 5.78 Å². The summed E-state index contributed by atoms with van der Waals surface area (Å²) in [6.07, 6.45) is 3.45. The van der Waals surface area contributed by atoms with Gasteiger partial charge in [-0.3, -0.25) is 4.79 Å². The Morgan fingerprint density at radius 3 is 2.43 bits per heavy atom. The zero-order chi connectivity index (χ0) is 16.7. The van der Waals surface area contributed by atoms with E-state index >= 15 is 0 Å². The minimum atomic E-state index is -0.484. The SMILES string of the molecule is CCC(=O)c1ccc(OC(=O)/C=C/c2cccc(OC)c2)cc1. The minimum Gasteiger partial charge on any atom is -0.497 e. The second kappa shape index (κ2) is 7.94. The third-order valence-electron chi connectivity index (χ3n) is 3.22. The van der Waals surface area contributed by atoms with Crippen LogP contribution in [-0.4, -0.2) is 18.9 Å². The largest absolute Gasteiger partial charge is 0.497 e. The number of hydrogen-bond donors (Lipinski definition) is 0. The minimum absolute atomic E-state index is 0.0563.